The van der Waals surface area contributed by atoms with E-state index >= 15 is 0 Å². The van der Waals surface area contributed by atoms with E-state index < -0.39 is 11.7 Å². The van der Waals surface area contributed by atoms with Crippen LogP contribution in [0.5, 0.6) is 0 Å². The summed E-state index contributed by atoms with van der Waals surface area (Å²) in [6.45, 7) is 1.26. The van der Waals surface area contributed by atoms with Crippen molar-refractivity contribution in [2.45, 2.75) is 0 Å². The summed E-state index contributed by atoms with van der Waals surface area (Å²) in [6.07, 6.45) is 0. The van der Waals surface area contributed by atoms with Gasteiger partial charge in [-0.25, -0.2) is 0 Å². The second-order valence-corrected chi connectivity index (χ2v) is 5.27. The normalized spacial score (nSPS) is 14.4. The van der Waals surface area contributed by atoms with Crippen molar-refractivity contribution in [2.75, 3.05) is 32.1 Å². The van der Waals surface area contributed by atoms with Gasteiger partial charge in [-0.05, 0) is 30.9 Å². The van der Waals surface area contributed by atoms with Crippen molar-refractivity contribution in [1.29, 1.82) is 0 Å². The van der Waals surface area contributed by atoms with Gasteiger partial charge >= 0.3 is 0 Å². The van der Waals surface area contributed by atoms with E-state index in [1.54, 1.807) is 4.90 Å². The van der Waals surface area contributed by atoms with Gasteiger partial charge in [-0.1, -0.05) is 30.3 Å². The van der Waals surface area contributed by atoms with Crippen molar-refractivity contribution in [3.63, 3.8) is 0 Å². The molecule has 1 amide bonds. The standard InChI is InChI=1S/C16H16N2O2/c1-17(2)9-10-18-13-8-7-11-5-3-4-6-12(11)14(13)15(19)16(18)20/h3-8H,9-10H2,1-2H3. The summed E-state index contributed by atoms with van der Waals surface area (Å²) in [5.74, 6) is -0.811. The Hall–Kier alpha value is -2.20. The predicted molar refractivity (Wildman–Crippen MR) is 79.2 cm³/mol. The molecule has 2 aromatic rings. The minimum Gasteiger partial charge on any atom is -0.308 e. The van der Waals surface area contributed by atoms with Crippen LogP contribution in [0.2, 0.25) is 0 Å². The van der Waals surface area contributed by atoms with E-state index in [1.165, 1.54) is 0 Å². The number of anilines is 1. The van der Waals surface area contributed by atoms with Crippen LogP contribution in [0.25, 0.3) is 10.8 Å². The summed E-state index contributed by atoms with van der Waals surface area (Å²) >= 11 is 0. The van der Waals surface area contributed by atoms with E-state index in [0.717, 1.165) is 23.0 Å². The van der Waals surface area contributed by atoms with Crippen molar-refractivity contribution >= 4 is 28.2 Å². The van der Waals surface area contributed by atoms with Gasteiger partial charge in [0.25, 0.3) is 11.7 Å². The molecule has 0 aromatic heterocycles. The van der Waals surface area contributed by atoms with Crippen LogP contribution >= 0.6 is 0 Å². The van der Waals surface area contributed by atoms with E-state index in [9.17, 15) is 9.59 Å². The predicted octanol–water partition coefficient (Wildman–Crippen LogP) is 1.93. The molecular weight excluding hydrogens is 252 g/mol. The van der Waals surface area contributed by atoms with Crippen LogP contribution in [0.4, 0.5) is 5.69 Å². The number of likely N-dealkylation sites (N-methyl/N-ethyl adjacent to an activating group) is 1. The lowest BCUT2D eigenvalue weighted by Gasteiger charge is -2.19. The lowest BCUT2D eigenvalue weighted by Crippen LogP contribution is -2.35. The fourth-order valence-electron chi connectivity index (χ4n) is 2.58. The molecule has 0 aliphatic carbocycles. The van der Waals surface area contributed by atoms with Crippen LogP contribution in [0, 0.1) is 0 Å². The third-order valence-corrected chi connectivity index (χ3v) is 3.64. The SMILES string of the molecule is CN(C)CCN1C(=O)C(=O)c2c1ccc1ccccc21. The third kappa shape index (κ3) is 1.89. The number of ketones is 1. The molecule has 20 heavy (non-hydrogen) atoms. The first-order valence-electron chi connectivity index (χ1n) is 6.62. The summed E-state index contributed by atoms with van der Waals surface area (Å²) < 4.78 is 0. The zero-order valence-electron chi connectivity index (χ0n) is 11.6. The molecule has 102 valence electrons. The zero-order chi connectivity index (χ0) is 14.3. The first-order chi connectivity index (χ1) is 9.59. The Balaban J connectivity index is 2.11. The molecule has 0 saturated heterocycles. The van der Waals surface area contributed by atoms with Gasteiger partial charge in [0.1, 0.15) is 0 Å². The number of hydrogen-bond acceptors (Lipinski definition) is 3. The average molecular weight is 268 g/mol. The monoisotopic (exact) mass is 268 g/mol. The number of rotatable bonds is 3. The molecule has 0 fully saturated rings. The van der Waals surface area contributed by atoms with E-state index in [-0.39, 0.29) is 0 Å². The number of hydrogen-bond donors (Lipinski definition) is 0. The van der Waals surface area contributed by atoms with Gasteiger partial charge in [-0.15, -0.1) is 0 Å². The summed E-state index contributed by atoms with van der Waals surface area (Å²) in [6, 6.07) is 11.5. The lowest BCUT2D eigenvalue weighted by molar-refractivity contribution is -0.114. The van der Waals surface area contributed by atoms with Crippen molar-refractivity contribution < 1.29 is 9.59 Å². The van der Waals surface area contributed by atoms with Crippen LogP contribution < -0.4 is 4.90 Å². The molecule has 3 rings (SSSR count). The molecule has 0 atom stereocenters. The molecule has 2 aromatic carbocycles. The van der Waals surface area contributed by atoms with Crippen LogP contribution in [0.1, 0.15) is 10.4 Å². The number of Topliss-reactive ketones (excluding diaryl/α,β-unsaturated/α-hetero) is 1. The Morgan fingerprint density at radius 2 is 1.80 bits per heavy atom. The summed E-state index contributed by atoms with van der Waals surface area (Å²) in [7, 11) is 3.90. The zero-order valence-corrected chi connectivity index (χ0v) is 11.6. The molecule has 1 aliphatic rings. The van der Waals surface area contributed by atoms with Gasteiger partial charge < -0.3 is 9.80 Å². The minimum absolute atomic E-state index is 0.393. The molecule has 4 heteroatoms. The highest BCUT2D eigenvalue weighted by atomic mass is 16.2. The van der Waals surface area contributed by atoms with Gasteiger partial charge in [0.2, 0.25) is 0 Å². The second kappa shape index (κ2) is 4.72. The molecule has 0 spiro atoms. The van der Waals surface area contributed by atoms with Gasteiger partial charge in [-0.2, -0.15) is 0 Å². The van der Waals surface area contributed by atoms with Crippen molar-refractivity contribution in [3.05, 3.63) is 42.0 Å². The van der Waals surface area contributed by atoms with Gasteiger partial charge in [-0.3, -0.25) is 9.59 Å². The van der Waals surface area contributed by atoms with Gasteiger partial charge in [0.05, 0.1) is 11.3 Å². The number of amides is 1. The maximum atomic E-state index is 12.3. The maximum Gasteiger partial charge on any atom is 0.299 e. The molecule has 0 N–H and O–H groups in total. The minimum atomic E-state index is -0.418. The van der Waals surface area contributed by atoms with E-state index in [4.69, 9.17) is 0 Å². The second-order valence-electron chi connectivity index (χ2n) is 5.27. The smallest absolute Gasteiger partial charge is 0.299 e. The van der Waals surface area contributed by atoms with E-state index in [2.05, 4.69) is 0 Å². The summed E-state index contributed by atoms with van der Waals surface area (Å²) in [5.41, 5.74) is 1.28. The average Bonchev–Trinajstić information content (AvgIpc) is 2.69. The van der Waals surface area contributed by atoms with E-state index in [1.807, 2.05) is 55.4 Å². The molecule has 0 bridgehead atoms. The van der Waals surface area contributed by atoms with Crippen molar-refractivity contribution in [1.82, 2.24) is 4.90 Å². The highest BCUT2D eigenvalue weighted by Gasteiger charge is 2.36. The quantitative estimate of drug-likeness (QED) is 0.799. The highest BCUT2D eigenvalue weighted by molar-refractivity contribution is 6.54. The first-order valence-corrected chi connectivity index (χ1v) is 6.62. The molecule has 1 aliphatic heterocycles. The first kappa shape index (κ1) is 12.8. The van der Waals surface area contributed by atoms with Gasteiger partial charge in [0.15, 0.2) is 0 Å². The topological polar surface area (TPSA) is 40.6 Å². The fourth-order valence-corrected chi connectivity index (χ4v) is 2.58. The largest absolute Gasteiger partial charge is 0.308 e. The molecule has 0 saturated carbocycles. The molecule has 4 nitrogen and oxygen atoms in total. The Labute approximate surface area is 117 Å². The number of fused-ring (bicyclic) bond motifs is 3. The van der Waals surface area contributed by atoms with Crippen molar-refractivity contribution in [3.8, 4) is 0 Å². The molecule has 0 radical (unpaired) electrons. The van der Waals surface area contributed by atoms with E-state index in [0.29, 0.717) is 12.1 Å². The van der Waals surface area contributed by atoms with Crippen LogP contribution in [0.15, 0.2) is 36.4 Å². The fraction of sp³-hybridized carbons (Fsp3) is 0.250. The van der Waals surface area contributed by atoms with Crippen LogP contribution in [0.3, 0.4) is 0 Å². The third-order valence-electron chi connectivity index (χ3n) is 3.64. The summed E-state index contributed by atoms with van der Waals surface area (Å²) in [4.78, 5) is 28.0. The molecule has 0 unspecified atom stereocenters. The Kier molecular flexibility index (Phi) is 3.03. The Morgan fingerprint density at radius 3 is 2.55 bits per heavy atom. The Bertz CT molecular complexity index is 707. The molecule has 1 heterocycles. The summed E-state index contributed by atoms with van der Waals surface area (Å²) in [5, 5.41) is 1.84. The number of benzene rings is 2. The van der Waals surface area contributed by atoms with Crippen molar-refractivity contribution in [2.24, 2.45) is 0 Å². The van der Waals surface area contributed by atoms with Crippen LogP contribution in [-0.2, 0) is 4.79 Å². The number of nitrogens with zero attached hydrogens (tertiary/aromatic N) is 2. The van der Waals surface area contributed by atoms with Gasteiger partial charge in [0, 0.05) is 13.1 Å². The number of carbonyl (C=O) groups excluding carboxylic acids is 2. The molecular formula is C16H16N2O2. The lowest BCUT2D eigenvalue weighted by atomic mass is 10.0. The highest BCUT2D eigenvalue weighted by Crippen LogP contribution is 2.34. The Morgan fingerprint density at radius 1 is 1.05 bits per heavy atom. The maximum absolute atomic E-state index is 12.3. The van der Waals surface area contributed by atoms with Crippen LogP contribution in [-0.4, -0.2) is 43.8 Å². The number of carbonyl (C=O) groups is 2.